The molecule has 1 heterocycles. The topological polar surface area (TPSA) is 45.2 Å². The molecule has 0 aliphatic rings. The van der Waals surface area contributed by atoms with Crippen LogP contribution in [0.1, 0.15) is 12.0 Å². The minimum absolute atomic E-state index is 0. The van der Waals surface area contributed by atoms with E-state index in [1.807, 2.05) is 44.6 Å². The number of benzene rings is 1. The molecule has 0 atom stereocenters. The van der Waals surface area contributed by atoms with Crippen LogP contribution < -0.4 is 5.32 Å². The molecular formula is C16H23Cl2N3O. The third-order valence-corrected chi connectivity index (χ3v) is 3.47. The number of aryl methyl sites for hydroxylation is 1. The Balaban J connectivity index is 0.00000220. The van der Waals surface area contributed by atoms with Gasteiger partial charge in [-0.05, 0) is 31.2 Å². The van der Waals surface area contributed by atoms with Gasteiger partial charge in [0.15, 0.2) is 0 Å². The van der Waals surface area contributed by atoms with Gasteiger partial charge in [0.25, 0.3) is 0 Å². The van der Waals surface area contributed by atoms with Crippen LogP contribution in [0, 0.1) is 0 Å². The number of nitrogens with zero attached hydrogens (tertiary/aromatic N) is 2. The number of likely N-dealkylation sites (N-methyl/N-ethyl adjacent to an activating group) is 2. The second-order valence-electron chi connectivity index (χ2n) is 4.91. The molecule has 1 N–H and O–H groups in total. The van der Waals surface area contributed by atoms with Crippen molar-refractivity contribution in [3.05, 3.63) is 42.1 Å². The lowest BCUT2D eigenvalue weighted by Crippen LogP contribution is -2.32. The summed E-state index contributed by atoms with van der Waals surface area (Å²) in [5.41, 5.74) is 2.17. The molecule has 0 saturated heterocycles. The minimum atomic E-state index is 0. The predicted octanol–water partition coefficient (Wildman–Crippen LogP) is 2.69. The molecule has 1 aromatic heterocycles. The summed E-state index contributed by atoms with van der Waals surface area (Å²) in [5.74, 6) is 0.182. The highest BCUT2D eigenvalue weighted by Crippen LogP contribution is 2.17. The quantitative estimate of drug-likeness (QED) is 0.876. The fraction of sp³-hybridized carbons (Fsp3) is 0.375. The van der Waals surface area contributed by atoms with Crippen molar-refractivity contribution in [1.82, 2.24) is 15.2 Å². The summed E-state index contributed by atoms with van der Waals surface area (Å²) >= 11 is 0. The van der Waals surface area contributed by atoms with E-state index >= 15 is 0 Å². The molecule has 0 aliphatic carbocycles. The van der Waals surface area contributed by atoms with Gasteiger partial charge in [-0.1, -0.05) is 18.2 Å². The molecule has 0 aliphatic heterocycles. The maximum Gasteiger partial charge on any atom is 0.222 e. The van der Waals surface area contributed by atoms with E-state index in [9.17, 15) is 4.79 Å². The first-order valence-corrected chi connectivity index (χ1v) is 6.93. The van der Waals surface area contributed by atoms with Crippen LogP contribution in [0.2, 0.25) is 0 Å². The fourth-order valence-electron chi connectivity index (χ4n) is 2.21. The molecule has 4 nitrogen and oxygen atoms in total. The SMILES string of the molecule is CNCCN(C)C(=O)CCc1ccnc2ccccc12.Cl.Cl. The molecule has 2 rings (SSSR count). The van der Waals surface area contributed by atoms with Gasteiger partial charge >= 0.3 is 0 Å². The van der Waals surface area contributed by atoms with E-state index in [4.69, 9.17) is 0 Å². The van der Waals surface area contributed by atoms with Gasteiger partial charge in [0.2, 0.25) is 5.91 Å². The van der Waals surface area contributed by atoms with Crippen molar-refractivity contribution < 1.29 is 4.79 Å². The van der Waals surface area contributed by atoms with Gasteiger partial charge in [-0.3, -0.25) is 9.78 Å². The Morgan fingerprint density at radius 3 is 2.68 bits per heavy atom. The monoisotopic (exact) mass is 343 g/mol. The molecule has 0 bridgehead atoms. The standard InChI is InChI=1S/C16H21N3O.2ClH/c1-17-11-12-19(2)16(20)8-7-13-9-10-18-15-6-4-3-5-14(13)15;;/h3-6,9-10,17H,7-8,11-12H2,1-2H3;2*1H. The number of rotatable bonds is 6. The van der Waals surface area contributed by atoms with Gasteiger partial charge in [0.05, 0.1) is 5.52 Å². The molecule has 6 heteroatoms. The van der Waals surface area contributed by atoms with Crippen LogP contribution in [0.4, 0.5) is 0 Å². The third kappa shape index (κ3) is 5.44. The van der Waals surface area contributed by atoms with Crippen LogP contribution in [0.15, 0.2) is 36.5 Å². The maximum absolute atomic E-state index is 12.0. The van der Waals surface area contributed by atoms with Crippen LogP contribution in [0.3, 0.4) is 0 Å². The van der Waals surface area contributed by atoms with E-state index in [1.165, 1.54) is 5.56 Å². The number of amides is 1. The summed E-state index contributed by atoms with van der Waals surface area (Å²) in [4.78, 5) is 18.2. The van der Waals surface area contributed by atoms with Gasteiger partial charge < -0.3 is 10.2 Å². The average molecular weight is 344 g/mol. The Morgan fingerprint density at radius 2 is 1.95 bits per heavy atom. The third-order valence-electron chi connectivity index (χ3n) is 3.47. The number of pyridine rings is 1. The zero-order chi connectivity index (χ0) is 14.4. The first-order valence-electron chi connectivity index (χ1n) is 6.93. The van der Waals surface area contributed by atoms with E-state index in [0.717, 1.165) is 30.4 Å². The van der Waals surface area contributed by atoms with E-state index < -0.39 is 0 Å². The van der Waals surface area contributed by atoms with Crippen molar-refractivity contribution in [1.29, 1.82) is 0 Å². The number of fused-ring (bicyclic) bond motifs is 1. The second kappa shape index (κ2) is 10.4. The highest BCUT2D eigenvalue weighted by atomic mass is 35.5. The molecule has 0 unspecified atom stereocenters. The van der Waals surface area contributed by atoms with Crippen molar-refractivity contribution in [2.75, 3.05) is 27.2 Å². The van der Waals surface area contributed by atoms with E-state index in [-0.39, 0.29) is 30.7 Å². The Bertz CT molecular complexity index is 587. The van der Waals surface area contributed by atoms with Crippen molar-refractivity contribution in [3.8, 4) is 0 Å². The second-order valence-corrected chi connectivity index (χ2v) is 4.91. The number of hydrogen-bond donors (Lipinski definition) is 1. The Kier molecular flexibility index (Phi) is 9.74. The van der Waals surface area contributed by atoms with Gasteiger partial charge in [-0.15, -0.1) is 24.8 Å². The first-order chi connectivity index (χ1) is 9.72. The molecule has 0 spiro atoms. The highest BCUT2D eigenvalue weighted by Gasteiger charge is 2.09. The van der Waals surface area contributed by atoms with Gasteiger partial charge in [0, 0.05) is 38.1 Å². The lowest BCUT2D eigenvalue weighted by atomic mass is 10.0. The Morgan fingerprint density at radius 1 is 1.23 bits per heavy atom. The van der Waals surface area contributed by atoms with Crippen molar-refractivity contribution >= 4 is 41.6 Å². The summed E-state index contributed by atoms with van der Waals surface area (Å²) in [6.07, 6.45) is 3.10. The predicted molar refractivity (Wildman–Crippen MR) is 96.1 cm³/mol. The number of carbonyl (C=O) groups excluding carboxylic acids is 1. The summed E-state index contributed by atoms with van der Waals surface area (Å²) in [6.45, 7) is 1.56. The normalized spacial score (nSPS) is 9.73. The first kappa shape index (κ1) is 20.6. The molecule has 1 amide bonds. The van der Waals surface area contributed by atoms with Gasteiger partial charge in [-0.2, -0.15) is 0 Å². The molecule has 22 heavy (non-hydrogen) atoms. The van der Waals surface area contributed by atoms with E-state index in [0.29, 0.717) is 6.42 Å². The average Bonchev–Trinajstić information content (AvgIpc) is 2.50. The summed E-state index contributed by atoms with van der Waals surface area (Å²) in [6, 6.07) is 10.1. The number of halogens is 2. The Hall–Kier alpha value is -1.36. The maximum atomic E-state index is 12.0. The van der Waals surface area contributed by atoms with Crippen LogP contribution in [0.25, 0.3) is 10.9 Å². The number of hydrogen-bond acceptors (Lipinski definition) is 3. The van der Waals surface area contributed by atoms with Gasteiger partial charge in [0.1, 0.15) is 0 Å². The van der Waals surface area contributed by atoms with Crippen molar-refractivity contribution in [2.24, 2.45) is 0 Å². The highest BCUT2D eigenvalue weighted by molar-refractivity contribution is 5.85. The molecule has 0 saturated carbocycles. The Labute approximate surface area is 144 Å². The smallest absolute Gasteiger partial charge is 0.222 e. The minimum Gasteiger partial charge on any atom is -0.344 e. The van der Waals surface area contributed by atoms with E-state index in [1.54, 1.807) is 4.90 Å². The largest absolute Gasteiger partial charge is 0.344 e. The van der Waals surface area contributed by atoms with Gasteiger partial charge in [-0.25, -0.2) is 0 Å². The van der Waals surface area contributed by atoms with Crippen molar-refractivity contribution in [3.63, 3.8) is 0 Å². The summed E-state index contributed by atoms with van der Waals surface area (Å²) in [7, 11) is 3.74. The van der Waals surface area contributed by atoms with Crippen LogP contribution in [0.5, 0.6) is 0 Å². The summed E-state index contributed by atoms with van der Waals surface area (Å²) in [5, 5.41) is 4.19. The lowest BCUT2D eigenvalue weighted by Gasteiger charge is -2.17. The molecule has 0 fully saturated rings. The number of aromatic nitrogens is 1. The van der Waals surface area contributed by atoms with Crippen LogP contribution in [-0.2, 0) is 11.2 Å². The molecule has 0 radical (unpaired) electrons. The zero-order valence-corrected chi connectivity index (χ0v) is 14.5. The van der Waals surface area contributed by atoms with E-state index in [2.05, 4.69) is 16.4 Å². The summed E-state index contributed by atoms with van der Waals surface area (Å²) < 4.78 is 0. The van der Waals surface area contributed by atoms with Crippen LogP contribution in [-0.4, -0.2) is 43.0 Å². The number of nitrogens with one attached hydrogen (secondary N) is 1. The molecule has 2 aromatic rings. The number of para-hydroxylation sites is 1. The number of carbonyl (C=O) groups is 1. The molecule has 122 valence electrons. The fourth-order valence-corrected chi connectivity index (χ4v) is 2.21. The van der Waals surface area contributed by atoms with Crippen LogP contribution >= 0.6 is 24.8 Å². The lowest BCUT2D eigenvalue weighted by molar-refractivity contribution is -0.129. The zero-order valence-electron chi connectivity index (χ0n) is 12.9. The molecular weight excluding hydrogens is 321 g/mol. The molecule has 1 aromatic carbocycles. The van der Waals surface area contributed by atoms with Crippen molar-refractivity contribution in [2.45, 2.75) is 12.8 Å².